The summed E-state index contributed by atoms with van der Waals surface area (Å²) in [5.74, 6) is 0.0876. The molecule has 0 spiro atoms. The maximum absolute atomic E-state index is 13.2. The van der Waals surface area contributed by atoms with Crippen molar-refractivity contribution in [1.29, 1.82) is 0 Å². The molecule has 0 aliphatic carbocycles. The number of ether oxygens (including phenoxy) is 4. The number of quaternary nitrogens is 2. The van der Waals surface area contributed by atoms with Gasteiger partial charge in [0.05, 0.1) is 59.7 Å². The Bertz CT molecular complexity index is 1340. The van der Waals surface area contributed by atoms with Gasteiger partial charge in [-0.05, 0) is 12.8 Å². The highest BCUT2D eigenvalue weighted by Crippen LogP contribution is 2.43. The quantitative estimate of drug-likeness (QED) is 0.0310. The van der Waals surface area contributed by atoms with Gasteiger partial charge in [-0.3, -0.25) is 18.3 Å². The number of unbranched alkanes of at least 4 members (excludes halogenated alkanes) is 15. The van der Waals surface area contributed by atoms with Gasteiger partial charge >= 0.3 is 19.9 Å². The van der Waals surface area contributed by atoms with Crippen LogP contribution in [0.5, 0.6) is 5.88 Å². The number of hydrogen-bond donors (Lipinski definition) is 1. The van der Waals surface area contributed by atoms with E-state index in [9.17, 15) is 19.0 Å². The molecule has 4 atom stereocenters. The van der Waals surface area contributed by atoms with Crippen LogP contribution < -0.4 is 4.74 Å². The van der Waals surface area contributed by atoms with Gasteiger partial charge < -0.3 is 28.3 Å². The Morgan fingerprint density at radius 2 is 1.44 bits per heavy atom. The molecule has 1 aliphatic heterocycles. The third-order valence-electron chi connectivity index (χ3n) is 10.3. The summed E-state index contributed by atoms with van der Waals surface area (Å²) >= 11 is 1.11. The molecule has 14 nitrogen and oxygen atoms in total. The van der Waals surface area contributed by atoms with E-state index in [0.29, 0.717) is 53.2 Å². The van der Waals surface area contributed by atoms with Crippen LogP contribution in [0, 0.1) is 0 Å². The number of phosphoric ester groups is 1. The van der Waals surface area contributed by atoms with Crippen LogP contribution in [0.15, 0.2) is 6.08 Å². The summed E-state index contributed by atoms with van der Waals surface area (Å²) in [5, 5.41) is 0. The Morgan fingerprint density at radius 1 is 0.842 bits per heavy atom. The van der Waals surface area contributed by atoms with E-state index >= 15 is 0 Å². The number of phosphoric acid groups is 1. The molecule has 0 saturated carbocycles. The van der Waals surface area contributed by atoms with Crippen LogP contribution in [0.2, 0.25) is 0 Å². The van der Waals surface area contributed by atoms with Crippen molar-refractivity contribution in [2.75, 3.05) is 74.3 Å². The largest absolute Gasteiger partial charge is 0.513 e. The number of carbonyl (C=O) groups is 2. The lowest BCUT2D eigenvalue weighted by atomic mass is 10.0. The Kier molecular flexibility index (Phi) is 25.4. The minimum absolute atomic E-state index is 0.0209. The predicted octanol–water partition coefficient (Wildman–Crippen LogP) is 9.46. The smallest absolute Gasteiger partial charge is 0.475 e. The van der Waals surface area contributed by atoms with Gasteiger partial charge in [-0.25, -0.2) is 9.36 Å². The number of nitrogens with zero attached hydrogens (tertiary/aromatic N) is 4. The Morgan fingerprint density at radius 3 is 2.05 bits per heavy atom. The molecule has 0 saturated heterocycles. The topological polar surface area (TPSA) is 153 Å². The van der Waals surface area contributed by atoms with Gasteiger partial charge in [-0.1, -0.05) is 116 Å². The van der Waals surface area contributed by atoms with Crippen molar-refractivity contribution in [2.45, 2.75) is 155 Å². The molecule has 2 rings (SSSR count). The number of carbonyl (C=O) groups excluding carboxylic acids is 2. The van der Waals surface area contributed by atoms with Gasteiger partial charge in [0.2, 0.25) is 6.23 Å². The fourth-order valence-corrected chi connectivity index (χ4v) is 7.73. The fourth-order valence-electron chi connectivity index (χ4n) is 6.45. The minimum atomic E-state index is -4.49. The third kappa shape index (κ3) is 23.3. The lowest BCUT2D eigenvalue weighted by molar-refractivity contribution is -0.944. The molecular formula is C41H77N4O10PS+2. The molecule has 57 heavy (non-hydrogen) atoms. The van der Waals surface area contributed by atoms with Crippen LogP contribution in [-0.2, 0) is 32.6 Å². The van der Waals surface area contributed by atoms with Crippen LogP contribution in [0.25, 0.3) is 5.57 Å². The first-order valence-corrected chi connectivity index (χ1v) is 23.8. The summed E-state index contributed by atoms with van der Waals surface area (Å²) in [5.41, 5.74) is 1.68. The molecule has 0 radical (unpaired) electrons. The number of rotatable bonds is 33. The van der Waals surface area contributed by atoms with Crippen molar-refractivity contribution < 1.29 is 56.0 Å². The van der Waals surface area contributed by atoms with Crippen molar-refractivity contribution in [3.05, 3.63) is 11.8 Å². The fraction of sp³-hybridized carbons (Fsp3) is 0.854. The van der Waals surface area contributed by atoms with Gasteiger partial charge in [0.25, 0.3) is 5.88 Å². The molecule has 1 aromatic heterocycles. The van der Waals surface area contributed by atoms with Gasteiger partial charge in [-0.15, -0.1) is 4.37 Å². The van der Waals surface area contributed by atoms with Crippen LogP contribution in [0.4, 0.5) is 4.79 Å². The molecular weight excluding hydrogens is 772 g/mol. The Hall–Kier alpha value is -2.13. The highest BCUT2D eigenvalue weighted by molar-refractivity contribution is 7.47. The summed E-state index contributed by atoms with van der Waals surface area (Å²) in [6.07, 6.45) is 20.2. The zero-order valence-electron chi connectivity index (χ0n) is 36.4. The summed E-state index contributed by atoms with van der Waals surface area (Å²) < 4.78 is 55.5. The van der Waals surface area contributed by atoms with E-state index in [0.717, 1.165) is 62.2 Å². The maximum atomic E-state index is 13.2. The second-order valence-corrected chi connectivity index (χ2v) is 18.7. The average Bonchev–Trinajstić information content (AvgIpc) is 3.62. The lowest BCUT2D eigenvalue weighted by Crippen LogP contribution is -2.55. The lowest BCUT2D eigenvalue weighted by Gasteiger charge is -2.41. The highest BCUT2D eigenvalue weighted by Gasteiger charge is 2.38. The Labute approximate surface area is 348 Å². The standard InChI is InChI=1S/C41H76N4O10PS/c1-8-10-12-14-15-16-17-18-19-20-21-22-23-27-38(46)51-33-37(34-53-56(48,49)52-31-29-44(4,5)6)55-41(47)54-35(3)45(7)28-25-26-36(32-45)39-40(43-57-42-39)50-30-24-13-11-9-2/h26,35,37H,8-25,27-34H2,1-7H3/q+1/p+1. The number of likely N-dealkylation sites (N-methyl/N-ethyl adjacent to an activating group) is 2. The van der Waals surface area contributed by atoms with Gasteiger partial charge in [0.1, 0.15) is 32.0 Å². The SMILES string of the molecule is CCCCCCCCCCCCCCCC(=O)OCC(COP(=O)(O)OCC[N+](C)(C)C)OC(=O)OC(C)[N+]1(C)CCC=C(c2nsnc2OCCCCCC)C1. The normalized spacial score (nSPS) is 18.0. The first-order chi connectivity index (χ1) is 27.2. The molecule has 1 aliphatic rings. The maximum Gasteiger partial charge on any atom is 0.513 e. The number of aromatic nitrogens is 2. The molecule has 0 aromatic carbocycles. The van der Waals surface area contributed by atoms with E-state index in [-0.39, 0.29) is 19.6 Å². The zero-order valence-corrected chi connectivity index (χ0v) is 38.1. The van der Waals surface area contributed by atoms with E-state index in [2.05, 4.69) is 28.7 Å². The highest BCUT2D eigenvalue weighted by atomic mass is 32.1. The van der Waals surface area contributed by atoms with Crippen LogP contribution in [0.1, 0.15) is 148 Å². The van der Waals surface area contributed by atoms with E-state index in [4.69, 9.17) is 28.0 Å². The number of esters is 1. The minimum Gasteiger partial charge on any atom is -0.475 e. The molecule has 0 fully saturated rings. The third-order valence-corrected chi connectivity index (χ3v) is 11.8. The van der Waals surface area contributed by atoms with Crippen molar-refractivity contribution >= 4 is 37.2 Å². The van der Waals surface area contributed by atoms with E-state index in [1.54, 1.807) is 6.92 Å². The van der Waals surface area contributed by atoms with Crippen LogP contribution in [0.3, 0.4) is 0 Å². The monoisotopic (exact) mass is 849 g/mol. The summed E-state index contributed by atoms with van der Waals surface area (Å²) in [7, 11) is 3.29. The molecule has 1 aromatic rings. The van der Waals surface area contributed by atoms with Crippen LogP contribution >= 0.6 is 19.6 Å². The van der Waals surface area contributed by atoms with Crippen LogP contribution in [-0.4, -0.2) is 121 Å². The second kappa shape index (κ2) is 28.4. The van der Waals surface area contributed by atoms with Gasteiger partial charge in [0.15, 0.2) is 6.10 Å². The van der Waals surface area contributed by atoms with Crippen molar-refractivity contribution in [3.8, 4) is 5.88 Å². The van der Waals surface area contributed by atoms with E-state index in [1.807, 2.05) is 28.2 Å². The first kappa shape index (κ1) is 51.0. The van der Waals surface area contributed by atoms with E-state index in [1.165, 1.54) is 64.2 Å². The summed E-state index contributed by atoms with van der Waals surface area (Å²) in [4.78, 5) is 36.2. The average molecular weight is 849 g/mol. The second-order valence-electron chi connectivity index (χ2n) is 16.7. The van der Waals surface area contributed by atoms with E-state index < -0.39 is 38.9 Å². The molecule has 2 heterocycles. The molecule has 16 heteroatoms. The van der Waals surface area contributed by atoms with Crippen molar-refractivity contribution in [3.63, 3.8) is 0 Å². The van der Waals surface area contributed by atoms with Gasteiger partial charge in [-0.2, -0.15) is 4.37 Å². The van der Waals surface area contributed by atoms with Crippen molar-refractivity contribution in [2.24, 2.45) is 0 Å². The molecule has 1 N–H and O–H groups in total. The first-order valence-electron chi connectivity index (χ1n) is 21.6. The zero-order chi connectivity index (χ0) is 42.0. The van der Waals surface area contributed by atoms with Crippen molar-refractivity contribution in [1.82, 2.24) is 8.75 Å². The molecule has 0 amide bonds. The van der Waals surface area contributed by atoms with Gasteiger partial charge in [0, 0.05) is 25.3 Å². The molecule has 4 unspecified atom stereocenters. The predicted molar refractivity (Wildman–Crippen MR) is 225 cm³/mol. The summed E-state index contributed by atoms with van der Waals surface area (Å²) in [6, 6.07) is 0. The Balaban J connectivity index is 1.88. The summed E-state index contributed by atoms with van der Waals surface area (Å²) in [6.45, 7) is 7.55. The number of hydrogen-bond acceptors (Lipinski definition) is 12. The molecule has 330 valence electrons. The molecule has 0 bridgehead atoms.